The maximum absolute atomic E-state index is 13.7. The molecule has 0 aliphatic rings. The van der Waals surface area contributed by atoms with E-state index in [0.29, 0.717) is 0 Å². The summed E-state index contributed by atoms with van der Waals surface area (Å²) < 4.78 is 19.3. The Labute approximate surface area is 147 Å². The van der Waals surface area contributed by atoms with Crippen LogP contribution < -0.4 is 10.1 Å². The number of halogens is 1. The van der Waals surface area contributed by atoms with E-state index >= 15 is 0 Å². The van der Waals surface area contributed by atoms with E-state index in [4.69, 9.17) is 4.74 Å². The van der Waals surface area contributed by atoms with Crippen LogP contribution in [0.4, 0.5) is 9.18 Å². The molecule has 0 saturated carbocycles. The van der Waals surface area contributed by atoms with E-state index < -0.39 is 18.0 Å². The number of carbonyl (C=O) groups excluding carboxylic acids is 1. The van der Waals surface area contributed by atoms with Crippen molar-refractivity contribution in [3.63, 3.8) is 0 Å². The quantitative estimate of drug-likeness (QED) is 0.810. The zero-order valence-corrected chi connectivity index (χ0v) is 14.4. The maximum Gasteiger partial charge on any atom is 0.317 e. The number of nitrogens with zero attached hydrogens (tertiary/aromatic N) is 1. The molecule has 2 aromatic carbocycles. The number of urea groups is 1. The molecule has 25 heavy (non-hydrogen) atoms. The molecular weight excluding hydrogens is 323 g/mol. The van der Waals surface area contributed by atoms with Crippen molar-refractivity contribution in [2.45, 2.75) is 19.1 Å². The predicted octanol–water partition coefficient (Wildman–Crippen LogP) is 2.97. The maximum atomic E-state index is 13.7. The van der Waals surface area contributed by atoms with Crippen molar-refractivity contribution in [1.29, 1.82) is 0 Å². The van der Waals surface area contributed by atoms with Gasteiger partial charge in [0.05, 0.1) is 12.1 Å². The second-order valence-electron chi connectivity index (χ2n) is 5.88. The highest BCUT2D eigenvalue weighted by molar-refractivity contribution is 5.74. The Morgan fingerprint density at radius 1 is 1.20 bits per heavy atom. The molecule has 0 aliphatic carbocycles. The number of hydrogen-bond acceptors (Lipinski definition) is 3. The van der Waals surface area contributed by atoms with E-state index in [0.717, 1.165) is 5.56 Å². The average Bonchev–Trinajstić information content (AvgIpc) is 2.59. The summed E-state index contributed by atoms with van der Waals surface area (Å²) in [6.07, 6.45) is -0.624. The zero-order chi connectivity index (χ0) is 18.2. The average molecular weight is 346 g/mol. The molecule has 2 rings (SSSR count). The van der Waals surface area contributed by atoms with Crippen molar-refractivity contribution >= 4 is 6.03 Å². The summed E-state index contributed by atoms with van der Waals surface area (Å²) in [5, 5.41) is 12.3. The highest BCUT2D eigenvalue weighted by atomic mass is 19.1. The minimum atomic E-state index is -0.624. The summed E-state index contributed by atoms with van der Waals surface area (Å²) in [6.45, 7) is 1.90. The van der Waals surface area contributed by atoms with E-state index in [-0.39, 0.29) is 24.9 Å². The Hall–Kier alpha value is -2.60. The lowest BCUT2D eigenvalue weighted by Crippen LogP contribution is -2.43. The van der Waals surface area contributed by atoms with E-state index in [2.05, 4.69) is 5.32 Å². The molecular formula is C19H23FN2O3. The number of aliphatic hydroxyl groups excluding tert-OH is 1. The standard InChI is InChI=1S/C19H23FN2O3/c1-14(23)12-22(2)19(24)21-17(15-8-4-3-5-9-15)13-25-18-11-7-6-10-16(18)20/h3-11,14,17,23H,12-13H2,1-2H3,(H,21,24). The van der Waals surface area contributed by atoms with Gasteiger partial charge in [0.25, 0.3) is 0 Å². The first-order valence-corrected chi connectivity index (χ1v) is 8.09. The number of carbonyl (C=O) groups is 1. The van der Waals surface area contributed by atoms with Crippen LogP contribution in [0.5, 0.6) is 5.75 Å². The van der Waals surface area contributed by atoms with Gasteiger partial charge < -0.3 is 20.1 Å². The van der Waals surface area contributed by atoms with E-state index in [1.54, 1.807) is 32.2 Å². The number of aliphatic hydroxyl groups is 1. The van der Waals surface area contributed by atoms with Gasteiger partial charge in [-0.25, -0.2) is 9.18 Å². The number of likely N-dealkylation sites (N-methyl/N-ethyl adjacent to an activating group) is 1. The fourth-order valence-electron chi connectivity index (χ4n) is 2.38. The summed E-state index contributed by atoms with van der Waals surface area (Å²) in [5.74, 6) is -0.318. The number of ether oxygens (including phenoxy) is 1. The van der Waals surface area contributed by atoms with Gasteiger partial charge in [0.1, 0.15) is 6.61 Å². The number of rotatable bonds is 7. The van der Waals surface area contributed by atoms with E-state index in [1.807, 2.05) is 30.3 Å². The lowest BCUT2D eigenvalue weighted by atomic mass is 10.1. The third-order valence-electron chi connectivity index (χ3n) is 3.63. The normalized spacial score (nSPS) is 13.0. The van der Waals surface area contributed by atoms with Gasteiger partial charge in [-0.3, -0.25) is 0 Å². The second kappa shape index (κ2) is 9.03. The van der Waals surface area contributed by atoms with Gasteiger partial charge >= 0.3 is 6.03 Å². The molecule has 0 aromatic heterocycles. The molecule has 0 aliphatic heterocycles. The van der Waals surface area contributed by atoms with Gasteiger partial charge in [-0.05, 0) is 24.6 Å². The highest BCUT2D eigenvalue weighted by Gasteiger charge is 2.19. The van der Waals surface area contributed by atoms with Crippen molar-refractivity contribution in [2.75, 3.05) is 20.2 Å². The summed E-state index contributed by atoms with van der Waals surface area (Å²) in [7, 11) is 1.60. The Morgan fingerprint density at radius 2 is 1.84 bits per heavy atom. The number of amides is 2. The van der Waals surface area contributed by atoms with Gasteiger partial charge in [-0.2, -0.15) is 0 Å². The van der Waals surface area contributed by atoms with Crippen LogP contribution in [0.3, 0.4) is 0 Å². The van der Waals surface area contributed by atoms with Crippen molar-refractivity contribution in [1.82, 2.24) is 10.2 Å². The smallest absolute Gasteiger partial charge is 0.317 e. The van der Waals surface area contributed by atoms with Crippen LogP contribution in [-0.4, -0.2) is 42.3 Å². The Kier molecular flexibility index (Phi) is 6.77. The minimum Gasteiger partial charge on any atom is -0.488 e. The summed E-state index contributed by atoms with van der Waals surface area (Å²) in [5.41, 5.74) is 0.845. The van der Waals surface area contributed by atoms with Crippen LogP contribution in [-0.2, 0) is 0 Å². The van der Waals surface area contributed by atoms with Gasteiger partial charge in [0, 0.05) is 13.6 Å². The summed E-state index contributed by atoms with van der Waals surface area (Å²) in [6, 6.07) is 14.7. The zero-order valence-electron chi connectivity index (χ0n) is 14.4. The number of nitrogens with one attached hydrogen (secondary N) is 1. The topological polar surface area (TPSA) is 61.8 Å². The van der Waals surface area contributed by atoms with Crippen LogP contribution >= 0.6 is 0 Å². The summed E-state index contributed by atoms with van der Waals surface area (Å²) in [4.78, 5) is 13.7. The molecule has 2 N–H and O–H groups in total. The van der Waals surface area contributed by atoms with E-state index in [9.17, 15) is 14.3 Å². The first-order chi connectivity index (χ1) is 12.0. The third-order valence-corrected chi connectivity index (χ3v) is 3.63. The molecule has 2 amide bonds. The van der Waals surface area contributed by atoms with Gasteiger partial charge in [0.2, 0.25) is 0 Å². The fraction of sp³-hybridized carbons (Fsp3) is 0.316. The molecule has 6 heteroatoms. The lowest BCUT2D eigenvalue weighted by Gasteiger charge is -2.25. The lowest BCUT2D eigenvalue weighted by molar-refractivity contribution is 0.140. The van der Waals surface area contributed by atoms with E-state index in [1.165, 1.54) is 11.0 Å². The molecule has 2 aromatic rings. The Morgan fingerprint density at radius 3 is 2.48 bits per heavy atom. The predicted molar refractivity (Wildman–Crippen MR) is 93.9 cm³/mol. The SMILES string of the molecule is CC(O)CN(C)C(=O)NC(COc1ccccc1F)c1ccccc1. The van der Waals surface area contributed by atoms with Crippen LogP contribution in [0, 0.1) is 5.82 Å². The number of para-hydroxylation sites is 1. The summed E-state index contributed by atoms with van der Waals surface area (Å²) >= 11 is 0. The molecule has 0 heterocycles. The molecule has 0 saturated heterocycles. The first-order valence-electron chi connectivity index (χ1n) is 8.09. The molecule has 0 radical (unpaired) electrons. The monoisotopic (exact) mass is 346 g/mol. The van der Waals surface area contributed by atoms with Gasteiger partial charge in [-0.1, -0.05) is 42.5 Å². The van der Waals surface area contributed by atoms with Crippen molar-refractivity contribution < 1.29 is 19.0 Å². The Balaban J connectivity index is 2.08. The first kappa shape index (κ1) is 18.7. The minimum absolute atomic E-state index is 0.0825. The molecule has 0 fully saturated rings. The van der Waals surface area contributed by atoms with Crippen molar-refractivity contribution in [3.05, 3.63) is 66.0 Å². The van der Waals surface area contributed by atoms with Crippen LogP contribution in [0.1, 0.15) is 18.5 Å². The highest BCUT2D eigenvalue weighted by Crippen LogP contribution is 2.19. The third kappa shape index (κ3) is 5.76. The van der Waals surface area contributed by atoms with Crippen molar-refractivity contribution in [2.24, 2.45) is 0 Å². The van der Waals surface area contributed by atoms with Crippen molar-refractivity contribution in [3.8, 4) is 5.75 Å². The largest absolute Gasteiger partial charge is 0.488 e. The molecule has 2 atom stereocenters. The number of hydrogen-bond donors (Lipinski definition) is 2. The van der Waals surface area contributed by atoms with Crippen LogP contribution in [0.2, 0.25) is 0 Å². The number of benzene rings is 2. The van der Waals surface area contributed by atoms with Crippen LogP contribution in [0.25, 0.3) is 0 Å². The second-order valence-corrected chi connectivity index (χ2v) is 5.88. The fourth-order valence-corrected chi connectivity index (χ4v) is 2.38. The van der Waals surface area contributed by atoms with Gasteiger partial charge in [-0.15, -0.1) is 0 Å². The molecule has 0 bridgehead atoms. The molecule has 5 nitrogen and oxygen atoms in total. The van der Waals surface area contributed by atoms with Crippen LogP contribution in [0.15, 0.2) is 54.6 Å². The Bertz CT molecular complexity index is 679. The van der Waals surface area contributed by atoms with Gasteiger partial charge in [0.15, 0.2) is 11.6 Å². The molecule has 134 valence electrons. The molecule has 2 unspecified atom stereocenters. The molecule has 0 spiro atoms.